The van der Waals surface area contributed by atoms with E-state index in [0.29, 0.717) is 18.7 Å². The molecule has 1 aliphatic heterocycles. The van der Waals surface area contributed by atoms with Gasteiger partial charge in [-0.1, -0.05) is 6.07 Å². The van der Waals surface area contributed by atoms with E-state index in [1.54, 1.807) is 11.8 Å². The number of carbonyl (C=O) groups excluding carboxylic acids is 1. The molecule has 2 aromatic rings. The molecule has 0 unspecified atom stereocenters. The summed E-state index contributed by atoms with van der Waals surface area (Å²) in [5, 5.41) is 3.85. The summed E-state index contributed by atoms with van der Waals surface area (Å²) >= 11 is 1.65. The molecule has 0 saturated carbocycles. The molecule has 0 bridgehead atoms. The van der Waals surface area contributed by atoms with Crippen molar-refractivity contribution in [2.45, 2.75) is 24.4 Å². The number of thioether (sulfide) groups is 1. The summed E-state index contributed by atoms with van der Waals surface area (Å²) in [6.07, 6.45) is 2.01. The van der Waals surface area contributed by atoms with E-state index >= 15 is 0 Å². The fraction of sp³-hybridized carbons (Fsp3) is 0.375. The van der Waals surface area contributed by atoms with Gasteiger partial charge in [0.05, 0.1) is 6.04 Å². The van der Waals surface area contributed by atoms with Gasteiger partial charge in [0.1, 0.15) is 0 Å². The number of hydrogen-bond acceptors (Lipinski definition) is 4. The Balaban J connectivity index is 1.92. The fourth-order valence-electron chi connectivity index (χ4n) is 2.73. The van der Waals surface area contributed by atoms with Gasteiger partial charge < -0.3 is 10.3 Å². The molecule has 1 aliphatic rings. The number of pyridine rings is 1. The van der Waals surface area contributed by atoms with Gasteiger partial charge in [-0.05, 0) is 36.8 Å². The highest BCUT2D eigenvalue weighted by Gasteiger charge is 2.25. The van der Waals surface area contributed by atoms with Gasteiger partial charge >= 0.3 is 0 Å². The summed E-state index contributed by atoms with van der Waals surface area (Å²) in [4.78, 5) is 30.1. The Bertz CT molecular complexity index is 772. The molecule has 22 heavy (non-hydrogen) atoms. The van der Waals surface area contributed by atoms with Crippen molar-refractivity contribution in [3.8, 4) is 0 Å². The van der Waals surface area contributed by atoms with Gasteiger partial charge in [-0.2, -0.15) is 0 Å². The van der Waals surface area contributed by atoms with Crippen LogP contribution in [0.5, 0.6) is 0 Å². The van der Waals surface area contributed by atoms with E-state index in [9.17, 15) is 9.59 Å². The Morgan fingerprint density at radius 2 is 2.14 bits per heavy atom. The number of piperazine rings is 1. The average Bonchev–Trinajstić information content (AvgIpc) is 2.52. The minimum absolute atomic E-state index is 0.0214. The van der Waals surface area contributed by atoms with Gasteiger partial charge in [-0.25, -0.2) is 0 Å². The number of aromatic nitrogens is 1. The fourth-order valence-corrected chi connectivity index (χ4v) is 3.17. The zero-order valence-corrected chi connectivity index (χ0v) is 13.5. The summed E-state index contributed by atoms with van der Waals surface area (Å²) in [7, 11) is 0. The van der Waals surface area contributed by atoms with Gasteiger partial charge in [0.2, 0.25) is 5.91 Å². The lowest BCUT2D eigenvalue weighted by atomic mass is 10.1. The van der Waals surface area contributed by atoms with Crippen LogP contribution in [0, 0.1) is 0 Å². The molecule has 2 N–H and O–H groups in total. The summed E-state index contributed by atoms with van der Waals surface area (Å²) in [5.74, 6) is 0.0214. The van der Waals surface area contributed by atoms with Crippen LogP contribution in [0.2, 0.25) is 0 Å². The second-order valence-corrected chi connectivity index (χ2v) is 6.39. The molecule has 2 heterocycles. The van der Waals surface area contributed by atoms with Crippen LogP contribution in [0.3, 0.4) is 0 Å². The van der Waals surface area contributed by atoms with E-state index in [4.69, 9.17) is 0 Å². The Kier molecular flexibility index (Phi) is 4.22. The SMILES string of the molecule is CSc1ccc2cc(CN3CCNC(=O)[C@H]3C)c(=O)[nH]c2c1. The van der Waals surface area contributed by atoms with Crippen LogP contribution in [-0.2, 0) is 11.3 Å². The summed E-state index contributed by atoms with van der Waals surface area (Å²) in [6.45, 7) is 3.75. The van der Waals surface area contributed by atoms with E-state index in [1.165, 1.54) is 0 Å². The van der Waals surface area contributed by atoms with E-state index in [2.05, 4.69) is 10.3 Å². The first-order chi connectivity index (χ1) is 10.6. The van der Waals surface area contributed by atoms with E-state index < -0.39 is 0 Å². The van der Waals surface area contributed by atoms with Crippen molar-refractivity contribution in [2.24, 2.45) is 0 Å². The Morgan fingerprint density at radius 1 is 1.32 bits per heavy atom. The maximum Gasteiger partial charge on any atom is 0.252 e. The van der Waals surface area contributed by atoms with Crippen molar-refractivity contribution >= 4 is 28.6 Å². The third-order valence-electron chi connectivity index (χ3n) is 4.13. The minimum Gasteiger partial charge on any atom is -0.353 e. The van der Waals surface area contributed by atoms with E-state index in [-0.39, 0.29) is 17.5 Å². The van der Waals surface area contributed by atoms with Gasteiger partial charge in [-0.3, -0.25) is 14.5 Å². The van der Waals surface area contributed by atoms with Gasteiger partial charge in [-0.15, -0.1) is 11.8 Å². The highest BCUT2D eigenvalue weighted by molar-refractivity contribution is 7.98. The maximum absolute atomic E-state index is 12.3. The number of rotatable bonds is 3. The molecule has 1 aromatic carbocycles. The van der Waals surface area contributed by atoms with Crippen molar-refractivity contribution in [2.75, 3.05) is 19.3 Å². The van der Waals surface area contributed by atoms with Crippen LogP contribution in [0.15, 0.2) is 34.0 Å². The average molecular weight is 317 g/mol. The van der Waals surface area contributed by atoms with Gasteiger partial charge in [0.25, 0.3) is 5.56 Å². The Labute approximate surface area is 133 Å². The lowest BCUT2D eigenvalue weighted by Gasteiger charge is -2.32. The predicted octanol–water partition coefficient (Wildman–Crippen LogP) is 1.57. The van der Waals surface area contributed by atoms with Crippen LogP contribution >= 0.6 is 11.8 Å². The molecule has 6 heteroatoms. The normalized spacial score (nSPS) is 19.4. The zero-order valence-electron chi connectivity index (χ0n) is 12.7. The highest BCUT2D eigenvalue weighted by Crippen LogP contribution is 2.20. The lowest BCUT2D eigenvalue weighted by molar-refractivity contribution is -0.128. The quantitative estimate of drug-likeness (QED) is 0.844. The molecule has 1 fully saturated rings. The number of fused-ring (bicyclic) bond motifs is 1. The smallest absolute Gasteiger partial charge is 0.252 e. The number of carbonyl (C=O) groups is 1. The van der Waals surface area contributed by atoms with Crippen LogP contribution in [0.1, 0.15) is 12.5 Å². The molecule has 1 saturated heterocycles. The van der Waals surface area contributed by atoms with Crippen molar-refractivity contribution in [1.29, 1.82) is 0 Å². The van der Waals surface area contributed by atoms with Crippen molar-refractivity contribution in [1.82, 2.24) is 15.2 Å². The van der Waals surface area contributed by atoms with E-state index in [1.807, 2.05) is 42.3 Å². The molecule has 0 radical (unpaired) electrons. The maximum atomic E-state index is 12.3. The van der Waals surface area contributed by atoms with E-state index in [0.717, 1.165) is 22.3 Å². The Morgan fingerprint density at radius 3 is 2.91 bits per heavy atom. The largest absolute Gasteiger partial charge is 0.353 e. The van der Waals surface area contributed by atoms with Crippen LogP contribution in [0.4, 0.5) is 0 Å². The number of aromatic amines is 1. The lowest BCUT2D eigenvalue weighted by Crippen LogP contribution is -2.53. The van der Waals surface area contributed by atoms with Gasteiger partial charge in [0, 0.05) is 35.6 Å². The van der Waals surface area contributed by atoms with Crippen LogP contribution in [-0.4, -0.2) is 41.2 Å². The molecule has 0 aliphatic carbocycles. The predicted molar refractivity (Wildman–Crippen MR) is 89.2 cm³/mol. The second-order valence-electron chi connectivity index (χ2n) is 5.51. The summed E-state index contributed by atoms with van der Waals surface area (Å²) in [6, 6.07) is 7.78. The molecular weight excluding hydrogens is 298 g/mol. The third kappa shape index (κ3) is 2.89. The first-order valence-electron chi connectivity index (χ1n) is 7.30. The summed E-state index contributed by atoms with van der Waals surface area (Å²) in [5.41, 5.74) is 1.47. The molecule has 3 rings (SSSR count). The number of amides is 1. The Hall–Kier alpha value is -1.79. The molecule has 5 nitrogen and oxygen atoms in total. The topological polar surface area (TPSA) is 65.2 Å². The van der Waals surface area contributed by atoms with Crippen molar-refractivity contribution in [3.63, 3.8) is 0 Å². The molecule has 1 atom stereocenters. The number of H-pyrrole nitrogens is 1. The molecule has 116 valence electrons. The standard InChI is InChI=1S/C16H19N3O2S/c1-10-15(20)17-5-6-19(10)9-12-7-11-3-4-13(22-2)8-14(11)18-16(12)21/h3-4,7-8,10H,5-6,9H2,1-2H3,(H,17,20)(H,18,21)/t10-/m1/s1. The van der Waals surface area contributed by atoms with Gasteiger partial charge in [0.15, 0.2) is 0 Å². The molecule has 1 amide bonds. The molecular formula is C16H19N3O2S. The first kappa shape index (κ1) is 15.1. The van der Waals surface area contributed by atoms with Crippen molar-refractivity contribution in [3.05, 3.63) is 40.2 Å². The number of nitrogens with one attached hydrogen (secondary N) is 2. The zero-order chi connectivity index (χ0) is 15.7. The molecule has 1 aromatic heterocycles. The molecule has 0 spiro atoms. The summed E-state index contributed by atoms with van der Waals surface area (Å²) < 4.78 is 0. The number of hydrogen-bond donors (Lipinski definition) is 2. The highest BCUT2D eigenvalue weighted by atomic mass is 32.2. The van der Waals surface area contributed by atoms with Crippen molar-refractivity contribution < 1.29 is 4.79 Å². The minimum atomic E-state index is -0.206. The first-order valence-corrected chi connectivity index (χ1v) is 8.52. The number of benzene rings is 1. The second kappa shape index (κ2) is 6.14. The monoisotopic (exact) mass is 317 g/mol. The van der Waals surface area contributed by atoms with Crippen LogP contribution in [0.25, 0.3) is 10.9 Å². The third-order valence-corrected chi connectivity index (χ3v) is 4.85. The van der Waals surface area contributed by atoms with Crippen LogP contribution < -0.4 is 10.9 Å². The number of nitrogens with zero attached hydrogens (tertiary/aromatic N) is 1.